The van der Waals surface area contributed by atoms with Gasteiger partial charge in [-0.25, -0.2) is 4.98 Å². The number of rotatable bonds is 3. The number of likely N-dealkylation sites (tertiary alicyclic amines) is 1. The standard InChI is InChI=1S/C20H25N3O/c1-22(2)19-14-17(11-12-21-19)20(24)23-13-7-6-10-18(15-23)16-8-4-3-5-9-16/h3-5,8-9,11-12,14,18H,6-7,10,13,15H2,1-2H3/t18-/m0/s1. The first kappa shape index (κ1) is 16.5. The molecular weight excluding hydrogens is 298 g/mol. The number of hydrogen-bond acceptors (Lipinski definition) is 3. The normalized spacial score (nSPS) is 18.1. The molecule has 1 aromatic heterocycles. The van der Waals surface area contributed by atoms with E-state index in [0.717, 1.165) is 37.3 Å². The summed E-state index contributed by atoms with van der Waals surface area (Å²) in [5, 5.41) is 0. The summed E-state index contributed by atoms with van der Waals surface area (Å²) in [6.45, 7) is 1.63. The Morgan fingerprint density at radius 2 is 1.96 bits per heavy atom. The number of carbonyl (C=O) groups excluding carboxylic acids is 1. The van der Waals surface area contributed by atoms with Crippen LogP contribution in [0.1, 0.15) is 41.1 Å². The van der Waals surface area contributed by atoms with Gasteiger partial charge in [0, 0.05) is 44.9 Å². The number of hydrogen-bond donors (Lipinski definition) is 0. The third-order valence-corrected chi connectivity index (χ3v) is 4.68. The average Bonchev–Trinajstić information content (AvgIpc) is 2.88. The molecular formula is C20H25N3O. The Morgan fingerprint density at radius 3 is 2.71 bits per heavy atom. The molecule has 2 heterocycles. The van der Waals surface area contributed by atoms with E-state index in [9.17, 15) is 4.79 Å². The van der Waals surface area contributed by atoms with Crippen molar-refractivity contribution in [3.8, 4) is 0 Å². The number of nitrogens with zero attached hydrogens (tertiary/aromatic N) is 3. The van der Waals surface area contributed by atoms with Crippen LogP contribution >= 0.6 is 0 Å². The minimum absolute atomic E-state index is 0.114. The third-order valence-electron chi connectivity index (χ3n) is 4.68. The highest BCUT2D eigenvalue weighted by Crippen LogP contribution is 2.27. The van der Waals surface area contributed by atoms with E-state index in [2.05, 4.69) is 29.2 Å². The van der Waals surface area contributed by atoms with Gasteiger partial charge in [0.2, 0.25) is 0 Å². The van der Waals surface area contributed by atoms with E-state index >= 15 is 0 Å². The fraction of sp³-hybridized carbons (Fsp3) is 0.400. The quantitative estimate of drug-likeness (QED) is 0.866. The lowest BCUT2D eigenvalue weighted by molar-refractivity contribution is 0.0754. The van der Waals surface area contributed by atoms with E-state index in [0.29, 0.717) is 5.92 Å². The van der Waals surface area contributed by atoms with Gasteiger partial charge < -0.3 is 9.80 Å². The van der Waals surface area contributed by atoms with Crippen LogP contribution in [0.3, 0.4) is 0 Å². The van der Waals surface area contributed by atoms with Crippen molar-refractivity contribution in [2.45, 2.75) is 25.2 Å². The summed E-state index contributed by atoms with van der Waals surface area (Å²) in [6.07, 6.45) is 5.10. The molecule has 0 unspecified atom stereocenters. The molecule has 0 radical (unpaired) electrons. The Hall–Kier alpha value is -2.36. The minimum atomic E-state index is 0.114. The average molecular weight is 323 g/mol. The summed E-state index contributed by atoms with van der Waals surface area (Å²) in [5.74, 6) is 1.35. The van der Waals surface area contributed by atoms with Crippen molar-refractivity contribution in [1.29, 1.82) is 0 Å². The summed E-state index contributed by atoms with van der Waals surface area (Å²) < 4.78 is 0. The predicted octanol–water partition coefficient (Wildman–Crippen LogP) is 3.56. The SMILES string of the molecule is CN(C)c1cc(C(=O)N2CCCC[C@H](c3ccccc3)C2)ccn1. The molecule has 1 aliphatic rings. The molecule has 0 spiro atoms. The second-order valence-corrected chi connectivity index (χ2v) is 6.65. The molecule has 2 aromatic rings. The third kappa shape index (κ3) is 3.75. The maximum Gasteiger partial charge on any atom is 0.254 e. The highest BCUT2D eigenvalue weighted by atomic mass is 16.2. The van der Waals surface area contributed by atoms with Gasteiger partial charge in [-0.05, 0) is 30.5 Å². The molecule has 3 rings (SSSR count). The topological polar surface area (TPSA) is 36.4 Å². The number of aromatic nitrogens is 1. The van der Waals surface area contributed by atoms with Crippen molar-refractivity contribution in [3.05, 3.63) is 59.8 Å². The van der Waals surface area contributed by atoms with Gasteiger partial charge in [0.25, 0.3) is 5.91 Å². The zero-order valence-electron chi connectivity index (χ0n) is 14.5. The largest absolute Gasteiger partial charge is 0.363 e. The first-order chi connectivity index (χ1) is 11.6. The molecule has 1 atom stereocenters. The molecule has 24 heavy (non-hydrogen) atoms. The second-order valence-electron chi connectivity index (χ2n) is 6.65. The van der Waals surface area contributed by atoms with Crippen molar-refractivity contribution in [3.63, 3.8) is 0 Å². The van der Waals surface area contributed by atoms with Crippen molar-refractivity contribution < 1.29 is 4.79 Å². The lowest BCUT2D eigenvalue weighted by Gasteiger charge is -2.25. The van der Waals surface area contributed by atoms with Crippen LogP contribution in [0.4, 0.5) is 5.82 Å². The van der Waals surface area contributed by atoms with Crippen LogP contribution in [0, 0.1) is 0 Å². The van der Waals surface area contributed by atoms with Crippen LogP contribution in [-0.2, 0) is 0 Å². The monoisotopic (exact) mass is 323 g/mol. The van der Waals surface area contributed by atoms with Crippen molar-refractivity contribution >= 4 is 11.7 Å². The van der Waals surface area contributed by atoms with E-state index in [1.54, 1.807) is 6.20 Å². The molecule has 1 amide bonds. The van der Waals surface area contributed by atoms with E-state index < -0.39 is 0 Å². The maximum atomic E-state index is 13.0. The van der Waals surface area contributed by atoms with Crippen LogP contribution in [0.5, 0.6) is 0 Å². The molecule has 0 saturated carbocycles. The molecule has 4 heteroatoms. The lowest BCUT2D eigenvalue weighted by Crippen LogP contribution is -2.34. The number of benzene rings is 1. The fourth-order valence-electron chi connectivity index (χ4n) is 3.30. The number of anilines is 1. The zero-order valence-corrected chi connectivity index (χ0v) is 14.5. The van der Waals surface area contributed by atoms with Gasteiger partial charge in [0.15, 0.2) is 0 Å². The predicted molar refractivity (Wildman–Crippen MR) is 97.5 cm³/mol. The Kier molecular flexibility index (Phi) is 5.14. The summed E-state index contributed by atoms with van der Waals surface area (Å²) in [7, 11) is 3.88. The maximum absolute atomic E-state index is 13.0. The van der Waals surface area contributed by atoms with Crippen LogP contribution in [0.15, 0.2) is 48.7 Å². The Bertz CT molecular complexity index is 684. The van der Waals surface area contributed by atoms with E-state index in [-0.39, 0.29) is 5.91 Å². The van der Waals surface area contributed by atoms with Crippen LogP contribution in [0.25, 0.3) is 0 Å². The van der Waals surface area contributed by atoms with Crippen molar-refractivity contribution in [2.75, 3.05) is 32.1 Å². The first-order valence-electron chi connectivity index (χ1n) is 8.63. The molecule has 126 valence electrons. The summed E-state index contributed by atoms with van der Waals surface area (Å²) >= 11 is 0. The molecule has 0 aliphatic carbocycles. The minimum Gasteiger partial charge on any atom is -0.363 e. The first-order valence-corrected chi connectivity index (χ1v) is 8.63. The van der Waals surface area contributed by atoms with Gasteiger partial charge in [-0.1, -0.05) is 36.8 Å². The van der Waals surface area contributed by atoms with Crippen LogP contribution in [0.2, 0.25) is 0 Å². The van der Waals surface area contributed by atoms with E-state index in [4.69, 9.17) is 0 Å². The molecule has 1 aromatic carbocycles. The molecule has 1 fully saturated rings. The smallest absolute Gasteiger partial charge is 0.254 e. The van der Waals surface area contributed by atoms with Crippen molar-refractivity contribution in [2.24, 2.45) is 0 Å². The Labute approximate surface area is 144 Å². The van der Waals surface area contributed by atoms with Crippen LogP contribution in [-0.4, -0.2) is 43.0 Å². The van der Waals surface area contributed by atoms with Gasteiger partial charge in [0.05, 0.1) is 0 Å². The Morgan fingerprint density at radius 1 is 1.17 bits per heavy atom. The summed E-state index contributed by atoms with van der Waals surface area (Å²) in [4.78, 5) is 21.2. The van der Waals surface area contributed by atoms with Crippen molar-refractivity contribution in [1.82, 2.24) is 9.88 Å². The van der Waals surface area contributed by atoms with Gasteiger partial charge in [0.1, 0.15) is 5.82 Å². The van der Waals surface area contributed by atoms with Gasteiger partial charge >= 0.3 is 0 Å². The highest BCUT2D eigenvalue weighted by Gasteiger charge is 2.24. The molecule has 1 saturated heterocycles. The number of carbonyl (C=O) groups is 1. The molecule has 1 aliphatic heterocycles. The summed E-state index contributed by atoms with van der Waals surface area (Å²) in [5.41, 5.74) is 2.06. The zero-order chi connectivity index (χ0) is 16.9. The highest BCUT2D eigenvalue weighted by molar-refractivity contribution is 5.95. The van der Waals surface area contributed by atoms with Gasteiger partial charge in [-0.3, -0.25) is 4.79 Å². The van der Waals surface area contributed by atoms with E-state index in [1.165, 1.54) is 12.0 Å². The Balaban J connectivity index is 1.79. The fourth-order valence-corrected chi connectivity index (χ4v) is 3.30. The molecule has 0 bridgehead atoms. The number of pyridine rings is 1. The number of amides is 1. The van der Waals surface area contributed by atoms with Gasteiger partial charge in [-0.2, -0.15) is 0 Å². The lowest BCUT2D eigenvalue weighted by atomic mass is 9.94. The molecule has 0 N–H and O–H groups in total. The second kappa shape index (κ2) is 7.47. The summed E-state index contributed by atoms with van der Waals surface area (Å²) in [6, 6.07) is 14.3. The van der Waals surface area contributed by atoms with E-state index in [1.807, 2.05) is 42.1 Å². The van der Waals surface area contributed by atoms with Crippen LogP contribution < -0.4 is 4.90 Å². The molecule has 4 nitrogen and oxygen atoms in total. The van der Waals surface area contributed by atoms with Gasteiger partial charge in [-0.15, -0.1) is 0 Å².